The molecule has 18 nitrogen and oxygen atoms in total. The van der Waals surface area contributed by atoms with Gasteiger partial charge in [-0.25, -0.2) is 0 Å². The van der Waals surface area contributed by atoms with Gasteiger partial charge in [-0.3, -0.25) is 30.3 Å². The van der Waals surface area contributed by atoms with Crippen LogP contribution in [0.15, 0.2) is 109 Å². The van der Waals surface area contributed by atoms with E-state index in [2.05, 4.69) is 79.1 Å². The summed E-state index contributed by atoms with van der Waals surface area (Å²) in [6.45, 7) is 16.2. The van der Waals surface area contributed by atoms with E-state index in [-0.39, 0.29) is 32.7 Å². The number of nitrogen functional groups attached to an aromatic ring is 3. The third-order valence-corrected chi connectivity index (χ3v) is 12.5. The van der Waals surface area contributed by atoms with Gasteiger partial charge in [0.2, 0.25) is 0 Å². The molecule has 0 fully saturated rings. The third kappa shape index (κ3) is 16.0. The Bertz CT molecular complexity index is 3370. The number of anilines is 3. The van der Waals surface area contributed by atoms with Gasteiger partial charge >= 0.3 is 0 Å². The number of hydrogen-bond acceptors (Lipinski definition) is 11. The number of non-ortho nitro benzene ring substituents is 3. The summed E-state index contributed by atoms with van der Waals surface area (Å²) in [7, 11) is 5.20. The zero-order valence-electron chi connectivity index (χ0n) is 45.8. The van der Waals surface area contributed by atoms with Crippen LogP contribution in [-0.4, -0.2) is 51.9 Å². The van der Waals surface area contributed by atoms with E-state index in [0.717, 1.165) is 96.8 Å². The molecule has 9 N–H and O–H groups in total. The van der Waals surface area contributed by atoms with E-state index in [1.807, 2.05) is 63.2 Å². The zero-order chi connectivity index (χ0) is 56.8. The lowest BCUT2D eigenvalue weighted by Gasteiger charge is -2.01. The molecule has 0 saturated carbocycles. The van der Waals surface area contributed by atoms with Crippen molar-refractivity contribution in [2.75, 3.05) is 24.3 Å². The number of nitrogens with one attached hydrogen (secondary N) is 2. The van der Waals surface area contributed by atoms with Crippen LogP contribution in [0.3, 0.4) is 0 Å². The normalized spacial score (nSPS) is 10.3. The van der Waals surface area contributed by atoms with Crippen LogP contribution >= 0.6 is 0 Å². The van der Waals surface area contributed by atoms with Crippen molar-refractivity contribution in [3.05, 3.63) is 173 Å². The number of fused-ring (bicyclic) bond motifs is 4. The first-order valence-corrected chi connectivity index (χ1v) is 25.3. The predicted molar refractivity (Wildman–Crippen MR) is 312 cm³/mol. The van der Waals surface area contributed by atoms with E-state index in [1.54, 1.807) is 37.3 Å². The molecular weight excluding hydrogens is 965 g/mol. The number of carbonyl (C=O) groups excluding carboxylic acids is 1. The molecule has 76 heavy (non-hydrogen) atoms. The second-order valence-corrected chi connectivity index (χ2v) is 17.8. The number of Topliss-reactive ketones (excluding diaryl/α,β-unsaturated/α-hetero) is 1. The van der Waals surface area contributed by atoms with Gasteiger partial charge in [0.15, 0.2) is 0 Å². The van der Waals surface area contributed by atoms with Crippen LogP contribution in [0.4, 0.5) is 34.1 Å². The number of nitro benzene ring substituents is 3. The number of nitro groups is 3. The van der Waals surface area contributed by atoms with Crippen LogP contribution in [0, 0.1) is 44.2 Å². The molecule has 0 aliphatic heterocycles. The Morgan fingerprint density at radius 3 is 1.67 bits per heavy atom. The van der Waals surface area contributed by atoms with Crippen molar-refractivity contribution < 1.29 is 24.7 Å². The Balaban J connectivity index is 0.000000243. The molecule has 4 aromatic heterocycles. The van der Waals surface area contributed by atoms with E-state index in [0.29, 0.717) is 11.1 Å². The highest BCUT2D eigenvalue weighted by molar-refractivity contribution is 5.96. The van der Waals surface area contributed by atoms with Gasteiger partial charge < -0.3 is 46.2 Å². The number of carbonyl (C=O) groups is 1. The lowest BCUT2D eigenvalue weighted by atomic mass is 10.1. The summed E-state index contributed by atoms with van der Waals surface area (Å²) in [6.07, 6.45) is 7.80. The Morgan fingerprint density at radius 2 is 1.16 bits per heavy atom. The molecular formula is C58H76N10O8. The first-order valence-electron chi connectivity index (χ1n) is 25.3. The minimum atomic E-state index is -0.476. The van der Waals surface area contributed by atoms with Gasteiger partial charge in [-0.2, -0.15) is 0 Å². The van der Waals surface area contributed by atoms with Crippen molar-refractivity contribution in [3.63, 3.8) is 0 Å². The SMILES string of the molecule is CCCC(C)=O.CCCc1cc2c(N)cccc2n1C.CCCc1cc2c([N+](=O)[O-])cccc2[nH]1.CCc1c(C)[nH]c2cccc([N+](=O)[O-])c12.CCc1c(C)n(C)c2cccc(N)c12.CO.Nc1cccc([N+](=O)[O-])c1. The Hall–Kier alpha value is -8.51. The number of aliphatic hydroxyl groups excluding tert-OH is 1. The monoisotopic (exact) mass is 1040 g/mol. The molecule has 0 unspecified atom stereocenters. The molecule has 9 rings (SSSR count). The van der Waals surface area contributed by atoms with E-state index in [4.69, 9.17) is 22.3 Å². The van der Waals surface area contributed by atoms with Crippen LogP contribution in [0.5, 0.6) is 0 Å². The average molecular weight is 1040 g/mol. The fourth-order valence-electron chi connectivity index (χ4n) is 8.87. The van der Waals surface area contributed by atoms with E-state index < -0.39 is 4.92 Å². The molecule has 9 aromatic rings. The van der Waals surface area contributed by atoms with Gasteiger partial charge in [0.1, 0.15) is 5.78 Å². The fourth-order valence-corrected chi connectivity index (χ4v) is 8.87. The number of benzene rings is 5. The van der Waals surface area contributed by atoms with E-state index >= 15 is 0 Å². The Labute approximate surface area is 444 Å². The largest absolute Gasteiger partial charge is 0.400 e. The zero-order valence-corrected chi connectivity index (χ0v) is 45.8. The lowest BCUT2D eigenvalue weighted by molar-refractivity contribution is -0.384. The molecule has 0 aliphatic carbocycles. The number of H-pyrrole nitrogens is 2. The average Bonchev–Trinajstić information content (AvgIpc) is 4.13. The van der Waals surface area contributed by atoms with Crippen molar-refractivity contribution >= 4 is 83.5 Å². The summed E-state index contributed by atoms with van der Waals surface area (Å²) in [4.78, 5) is 47.0. The predicted octanol–water partition coefficient (Wildman–Crippen LogP) is 13.5. The number of ketones is 1. The van der Waals surface area contributed by atoms with Gasteiger partial charge in [0.05, 0.1) is 47.6 Å². The van der Waals surface area contributed by atoms with Gasteiger partial charge in [-0.1, -0.05) is 77.8 Å². The molecule has 4 heterocycles. The minimum absolute atomic E-state index is 0.0278. The number of aryl methyl sites for hydroxylation is 7. The molecule has 406 valence electrons. The quantitative estimate of drug-likeness (QED) is 0.0402. The highest BCUT2D eigenvalue weighted by atomic mass is 16.6. The number of aromatic amines is 2. The van der Waals surface area contributed by atoms with Crippen molar-refractivity contribution in [3.8, 4) is 0 Å². The standard InChI is InChI=1S/2C12H16N2.2C11H12N2O2.C6H6N2O2.C5H10O.CH4O/c1-4-9-8(2)14(3)11-7-5-6-10(13)12(9)11;1-3-5-9-8-10-11(13)6-4-7-12(10)14(9)2;1-3-8-7(2)12-9-5-4-6-10(11(8)9)13(14)15;1-2-4-8-7-9-10(12-8)5-3-6-11(9)13(14)15;7-5-2-1-3-6(4-5)8(9)10;1-3-4-5(2)6;1-2/h5-7H,4,13H2,1-3H3;4,6-8H,3,5,13H2,1-2H3;4-6,12H,3H2,1-2H3;3,5-7,12H,2,4H2,1H3;1-4H,7H2;3-4H2,1-2H3;2H,1H3. The summed E-state index contributed by atoms with van der Waals surface area (Å²) >= 11 is 0. The van der Waals surface area contributed by atoms with Crippen LogP contribution in [0.25, 0.3) is 43.6 Å². The van der Waals surface area contributed by atoms with Crippen LogP contribution in [0.1, 0.15) is 101 Å². The summed E-state index contributed by atoms with van der Waals surface area (Å²) < 4.78 is 4.44. The first-order chi connectivity index (χ1) is 36.2. The molecule has 0 saturated heterocycles. The van der Waals surface area contributed by atoms with Gasteiger partial charge in [0, 0.05) is 103 Å². The highest BCUT2D eigenvalue weighted by Gasteiger charge is 2.18. The van der Waals surface area contributed by atoms with Crippen molar-refractivity contribution in [1.29, 1.82) is 0 Å². The van der Waals surface area contributed by atoms with Crippen molar-refractivity contribution in [2.45, 2.75) is 107 Å². The Kier molecular flexibility index (Phi) is 24.4. The van der Waals surface area contributed by atoms with Gasteiger partial charge in [-0.05, 0) is 119 Å². The first kappa shape index (κ1) is 61.8. The molecule has 18 heteroatoms. The van der Waals surface area contributed by atoms with E-state index in [9.17, 15) is 35.1 Å². The maximum atomic E-state index is 10.9. The topological polar surface area (TPSA) is 286 Å². The molecule has 0 atom stereocenters. The number of nitrogens with zero attached hydrogens (tertiary/aromatic N) is 5. The molecule has 5 aromatic carbocycles. The summed E-state index contributed by atoms with van der Waals surface area (Å²) in [5.74, 6) is 0.289. The lowest BCUT2D eigenvalue weighted by Crippen LogP contribution is -1.94. The van der Waals surface area contributed by atoms with E-state index in [1.165, 1.54) is 63.4 Å². The smallest absolute Gasteiger partial charge is 0.279 e. The molecule has 0 bridgehead atoms. The highest BCUT2D eigenvalue weighted by Crippen LogP contribution is 2.32. The molecule has 0 aliphatic rings. The molecule has 0 spiro atoms. The summed E-state index contributed by atoms with van der Waals surface area (Å²) in [6, 6.07) is 32.4. The molecule has 0 amide bonds. The van der Waals surface area contributed by atoms with Gasteiger partial charge in [-0.15, -0.1) is 0 Å². The number of aliphatic hydroxyl groups is 1. The number of rotatable bonds is 11. The van der Waals surface area contributed by atoms with Crippen LogP contribution < -0.4 is 17.2 Å². The van der Waals surface area contributed by atoms with Crippen LogP contribution in [0.2, 0.25) is 0 Å². The summed E-state index contributed by atoms with van der Waals surface area (Å²) in [5.41, 5.74) is 31.1. The second kappa shape index (κ2) is 30.0. The fraction of sp³-hybridized carbons (Fsp3) is 0.328. The third-order valence-electron chi connectivity index (χ3n) is 12.5. The number of aromatic nitrogens is 4. The minimum Gasteiger partial charge on any atom is -0.400 e. The summed E-state index contributed by atoms with van der Waals surface area (Å²) in [5, 5.41) is 42.6. The molecule has 0 radical (unpaired) electrons. The van der Waals surface area contributed by atoms with Crippen molar-refractivity contribution in [1.82, 2.24) is 19.1 Å². The second-order valence-electron chi connectivity index (χ2n) is 17.8. The van der Waals surface area contributed by atoms with Crippen molar-refractivity contribution in [2.24, 2.45) is 14.1 Å². The van der Waals surface area contributed by atoms with Crippen LogP contribution in [-0.2, 0) is 44.6 Å². The Morgan fingerprint density at radius 1 is 0.592 bits per heavy atom. The van der Waals surface area contributed by atoms with Gasteiger partial charge in [0.25, 0.3) is 17.1 Å². The number of hydrogen-bond donors (Lipinski definition) is 6. The number of nitrogens with two attached hydrogens (primary N) is 3. The maximum Gasteiger partial charge on any atom is 0.279 e. The maximum absolute atomic E-state index is 10.9.